The highest BCUT2D eigenvalue weighted by molar-refractivity contribution is 5.97. The molecule has 0 atom stereocenters. The zero-order chi connectivity index (χ0) is 15.1. The molecule has 0 saturated carbocycles. The van der Waals surface area contributed by atoms with Crippen LogP contribution >= 0.6 is 0 Å². The molecule has 0 aliphatic rings. The first-order valence-corrected chi connectivity index (χ1v) is 6.60. The molecule has 0 spiro atoms. The van der Waals surface area contributed by atoms with Crippen molar-refractivity contribution >= 4 is 5.84 Å². The molecule has 3 N–H and O–H groups in total. The minimum Gasteiger partial charge on any atom is -0.490 e. The summed E-state index contributed by atoms with van der Waals surface area (Å²) in [5.74, 6) is 1.64. The zero-order valence-corrected chi connectivity index (χ0v) is 11.8. The van der Waals surface area contributed by atoms with Gasteiger partial charge < -0.3 is 20.4 Å². The summed E-state index contributed by atoms with van der Waals surface area (Å²) in [6, 6.07) is 14.8. The third-order valence-electron chi connectivity index (χ3n) is 2.96. The fourth-order valence-electron chi connectivity index (χ4n) is 1.81. The van der Waals surface area contributed by atoms with E-state index in [2.05, 4.69) is 5.16 Å². The molecule has 0 aromatic heterocycles. The van der Waals surface area contributed by atoms with Gasteiger partial charge >= 0.3 is 0 Å². The Kier molecular flexibility index (Phi) is 5.04. The van der Waals surface area contributed by atoms with Crippen LogP contribution in [0.5, 0.6) is 11.5 Å². The van der Waals surface area contributed by atoms with Crippen LogP contribution in [0.3, 0.4) is 0 Å². The number of amidine groups is 1. The summed E-state index contributed by atoms with van der Waals surface area (Å²) in [7, 11) is 0. The number of aryl methyl sites for hydroxylation is 1. The number of benzene rings is 2. The average Bonchev–Trinajstić information content (AvgIpc) is 2.53. The molecule has 2 rings (SSSR count). The maximum Gasteiger partial charge on any atom is 0.170 e. The number of ether oxygens (including phenoxy) is 2. The minimum atomic E-state index is 0.0736. The molecule has 2 aromatic rings. The van der Waals surface area contributed by atoms with Gasteiger partial charge in [-0.25, -0.2) is 0 Å². The number of nitrogens with two attached hydrogens (primary N) is 1. The summed E-state index contributed by atoms with van der Waals surface area (Å²) >= 11 is 0. The Hall–Kier alpha value is -2.69. The SMILES string of the molecule is Cc1ccccc1OCCOc1ccc(C(N)=NO)cc1. The molecule has 0 radical (unpaired) electrons. The molecule has 0 heterocycles. The van der Waals surface area contributed by atoms with Crippen LogP contribution in [0, 0.1) is 6.92 Å². The largest absolute Gasteiger partial charge is 0.490 e. The lowest BCUT2D eigenvalue weighted by Gasteiger charge is -2.10. The van der Waals surface area contributed by atoms with Gasteiger partial charge in [-0.05, 0) is 42.8 Å². The predicted molar refractivity (Wildman–Crippen MR) is 81.1 cm³/mol. The second kappa shape index (κ2) is 7.19. The second-order valence-corrected chi connectivity index (χ2v) is 4.47. The average molecular weight is 286 g/mol. The van der Waals surface area contributed by atoms with E-state index in [-0.39, 0.29) is 5.84 Å². The van der Waals surface area contributed by atoms with Gasteiger partial charge in [0.15, 0.2) is 5.84 Å². The zero-order valence-electron chi connectivity index (χ0n) is 11.8. The molecule has 5 nitrogen and oxygen atoms in total. The van der Waals surface area contributed by atoms with Gasteiger partial charge in [-0.2, -0.15) is 0 Å². The van der Waals surface area contributed by atoms with Gasteiger partial charge in [0.1, 0.15) is 24.7 Å². The molecular formula is C16H18N2O3. The molecule has 0 saturated heterocycles. The maximum absolute atomic E-state index is 8.58. The van der Waals surface area contributed by atoms with Crippen LogP contribution in [0.4, 0.5) is 0 Å². The highest BCUT2D eigenvalue weighted by atomic mass is 16.5. The summed E-state index contributed by atoms with van der Waals surface area (Å²) in [6.07, 6.45) is 0. The van der Waals surface area contributed by atoms with Crippen molar-refractivity contribution in [2.24, 2.45) is 10.9 Å². The first-order chi connectivity index (χ1) is 10.2. The highest BCUT2D eigenvalue weighted by Crippen LogP contribution is 2.16. The second-order valence-electron chi connectivity index (χ2n) is 4.47. The molecule has 0 unspecified atom stereocenters. The first kappa shape index (κ1) is 14.7. The predicted octanol–water partition coefficient (Wildman–Crippen LogP) is 2.55. The molecule has 0 amide bonds. The van der Waals surface area contributed by atoms with E-state index in [1.165, 1.54) is 0 Å². The van der Waals surface area contributed by atoms with Crippen molar-refractivity contribution in [3.05, 3.63) is 59.7 Å². The maximum atomic E-state index is 8.58. The first-order valence-electron chi connectivity index (χ1n) is 6.60. The van der Waals surface area contributed by atoms with Crippen LogP contribution in [0.1, 0.15) is 11.1 Å². The Morgan fingerprint density at radius 2 is 1.71 bits per heavy atom. The molecular weight excluding hydrogens is 268 g/mol. The van der Waals surface area contributed by atoms with Crippen molar-refractivity contribution < 1.29 is 14.7 Å². The van der Waals surface area contributed by atoms with E-state index < -0.39 is 0 Å². The lowest BCUT2D eigenvalue weighted by atomic mass is 10.2. The van der Waals surface area contributed by atoms with Crippen molar-refractivity contribution in [1.29, 1.82) is 0 Å². The summed E-state index contributed by atoms with van der Waals surface area (Å²) in [4.78, 5) is 0. The van der Waals surface area contributed by atoms with Crippen molar-refractivity contribution in [2.75, 3.05) is 13.2 Å². The van der Waals surface area contributed by atoms with Crippen molar-refractivity contribution in [3.8, 4) is 11.5 Å². The van der Waals surface area contributed by atoms with Crippen LogP contribution in [-0.2, 0) is 0 Å². The molecule has 0 bridgehead atoms. The summed E-state index contributed by atoms with van der Waals surface area (Å²) < 4.78 is 11.2. The lowest BCUT2D eigenvalue weighted by Crippen LogP contribution is -2.13. The van der Waals surface area contributed by atoms with Crippen LogP contribution in [0.15, 0.2) is 53.7 Å². The summed E-state index contributed by atoms with van der Waals surface area (Å²) in [5, 5.41) is 11.5. The van der Waals surface area contributed by atoms with Gasteiger partial charge in [-0.15, -0.1) is 0 Å². The summed E-state index contributed by atoms with van der Waals surface area (Å²) in [5.41, 5.74) is 7.22. The van der Waals surface area contributed by atoms with E-state index in [0.717, 1.165) is 11.3 Å². The molecule has 2 aromatic carbocycles. The quantitative estimate of drug-likeness (QED) is 0.281. The Balaban J connectivity index is 1.80. The van der Waals surface area contributed by atoms with E-state index in [1.54, 1.807) is 24.3 Å². The number of oxime groups is 1. The van der Waals surface area contributed by atoms with Gasteiger partial charge in [0.25, 0.3) is 0 Å². The normalized spacial score (nSPS) is 11.2. The standard InChI is InChI=1S/C16H18N2O3/c1-12-4-2-3-5-15(12)21-11-10-20-14-8-6-13(7-9-14)16(17)18-19/h2-9,19H,10-11H2,1H3,(H2,17,18). The Morgan fingerprint density at radius 1 is 1.05 bits per heavy atom. The smallest absolute Gasteiger partial charge is 0.170 e. The van der Waals surface area contributed by atoms with Crippen molar-refractivity contribution in [2.45, 2.75) is 6.92 Å². The molecule has 0 aliphatic carbocycles. The third kappa shape index (κ3) is 4.14. The third-order valence-corrected chi connectivity index (χ3v) is 2.96. The van der Waals surface area contributed by atoms with Gasteiger partial charge in [0, 0.05) is 5.56 Å². The minimum absolute atomic E-state index is 0.0736. The number of para-hydroxylation sites is 1. The Bertz CT molecular complexity index is 609. The van der Waals surface area contributed by atoms with Crippen molar-refractivity contribution in [1.82, 2.24) is 0 Å². The topological polar surface area (TPSA) is 77.1 Å². The number of rotatable bonds is 6. The van der Waals surface area contributed by atoms with Gasteiger partial charge in [-0.1, -0.05) is 23.4 Å². The van der Waals surface area contributed by atoms with E-state index in [4.69, 9.17) is 20.4 Å². The van der Waals surface area contributed by atoms with Crippen molar-refractivity contribution in [3.63, 3.8) is 0 Å². The van der Waals surface area contributed by atoms with Gasteiger partial charge in [0.05, 0.1) is 0 Å². The molecule has 5 heteroatoms. The van der Waals surface area contributed by atoms with E-state index in [9.17, 15) is 0 Å². The number of nitrogens with zero attached hydrogens (tertiary/aromatic N) is 1. The van der Waals surface area contributed by atoms with E-state index in [0.29, 0.717) is 24.5 Å². The van der Waals surface area contributed by atoms with Gasteiger partial charge in [-0.3, -0.25) is 0 Å². The Labute approximate surface area is 123 Å². The van der Waals surface area contributed by atoms with Crippen LogP contribution < -0.4 is 15.2 Å². The van der Waals surface area contributed by atoms with Crippen LogP contribution in [-0.4, -0.2) is 24.3 Å². The highest BCUT2D eigenvalue weighted by Gasteiger charge is 2.01. The van der Waals surface area contributed by atoms with Crippen LogP contribution in [0.2, 0.25) is 0 Å². The van der Waals surface area contributed by atoms with Crippen LogP contribution in [0.25, 0.3) is 0 Å². The van der Waals surface area contributed by atoms with E-state index >= 15 is 0 Å². The summed E-state index contributed by atoms with van der Waals surface area (Å²) in [6.45, 7) is 2.91. The molecule has 0 aliphatic heterocycles. The fourth-order valence-corrected chi connectivity index (χ4v) is 1.81. The van der Waals surface area contributed by atoms with Gasteiger partial charge in [0.2, 0.25) is 0 Å². The fraction of sp³-hybridized carbons (Fsp3) is 0.188. The van der Waals surface area contributed by atoms with E-state index in [1.807, 2.05) is 31.2 Å². The number of hydrogen-bond acceptors (Lipinski definition) is 4. The molecule has 0 fully saturated rings. The Morgan fingerprint density at radius 3 is 2.38 bits per heavy atom. The lowest BCUT2D eigenvalue weighted by molar-refractivity contribution is 0.216. The molecule has 110 valence electrons. The number of hydrogen-bond donors (Lipinski definition) is 2. The molecule has 21 heavy (non-hydrogen) atoms. The monoisotopic (exact) mass is 286 g/mol.